The minimum atomic E-state index is -0.623. The number of nitrogens with one attached hydrogen (secondary N) is 1. The molecular weight excluding hydrogens is 443 g/mol. The molecule has 2 heterocycles. The lowest BCUT2D eigenvalue weighted by Crippen LogP contribution is -2.43. The second-order valence-corrected chi connectivity index (χ2v) is 7.10. The molecule has 1 aromatic rings. The van der Waals surface area contributed by atoms with E-state index in [9.17, 15) is 5.11 Å². The minimum Gasteiger partial charge on any atom is -0.472 e. The van der Waals surface area contributed by atoms with Crippen LogP contribution in [-0.4, -0.2) is 58.8 Å². The summed E-state index contributed by atoms with van der Waals surface area (Å²) in [5, 5.41) is 14.1. The van der Waals surface area contributed by atoms with Gasteiger partial charge in [-0.05, 0) is 25.8 Å². The van der Waals surface area contributed by atoms with Crippen molar-refractivity contribution in [3.05, 3.63) is 24.4 Å². The Balaban J connectivity index is 0.00000243. The van der Waals surface area contributed by atoms with Crippen LogP contribution in [0.15, 0.2) is 29.4 Å². The molecule has 26 heavy (non-hydrogen) atoms. The van der Waals surface area contributed by atoms with Gasteiger partial charge in [0, 0.05) is 31.8 Å². The maximum Gasteiger partial charge on any atom is 0.213 e. The van der Waals surface area contributed by atoms with Gasteiger partial charge in [0.15, 0.2) is 5.96 Å². The third-order valence-electron chi connectivity index (χ3n) is 5.01. The van der Waals surface area contributed by atoms with E-state index in [1.807, 2.05) is 18.2 Å². The Kier molecular flexibility index (Phi) is 8.40. The quantitative estimate of drug-likeness (QED) is 0.390. The van der Waals surface area contributed by atoms with E-state index in [0.717, 1.165) is 57.7 Å². The summed E-state index contributed by atoms with van der Waals surface area (Å²) in [6, 6.07) is 5.71. The number of hydrogen-bond donors (Lipinski definition) is 2. The smallest absolute Gasteiger partial charge is 0.213 e. The van der Waals surface area contributed by atoms with Gasteiger partial charge in [0.1, 0.15) is 6.10 Å². The van der Waals surface area contributed by atoms with Crippen molar-refractivity contribution in [1.29, 1.82) is 0 Å². The number of hydrogen-bond acceptors (Lipinski definition) is 4. The largest absolute Gasteiger partial charge is 0.472 e. The maximum atomic E-state index is 10.7. The number of aliphatic imine (C=N–C) groups is 1. The first-order chi connectivity index (χ1) is 12.2. The van der Waals surface area contributed by atoms with Gasteiger partial charge in [0.2, 0.25) is 5.88 Å². The van der Waals surface area contributed by atoms with Crippen LogP contribution in [0.2, 0.25) is 0 Å². The predicted octanol–water partition coefficient (Wildman–Crippen LogP) is 2.81. The molecule has 0 aromatic carbocycles. The van der Waals surface area contributed by atoms with Gasteiger partial charge in [-0.25, -0.2) is 4.98 Å². The van der Waals surface area contributed by atoms with Crippen molar-refractivity contribution in [2.75, 3.05) is 26.2 Å². The summed E-state index contributed by atoms with van der Waals surface area (Å²) >= 11 is 0. The second kappa shape index (κ2) is 10.3. The highest BCUT2D eigenvalue weighted by atomic mass is 127. The van der Waals surface area contributed by atoms with E-state index in [1.165, 1.54) is 6.42 Å². The molecule has 1 aromatic heterocycles. The molecular formula is C19H31IN4O2. The molecule has 1 saturated carbocycles. The molecule has 2 aliphatic rings. The van der Waals surface area contributed by atoms with Crippen LogP contribution in [0, 0.1) is 0 Å². The number of ether oxygens (including phenoxy) is 1. The number of aromatic nitrogens is 1. The van der Waals surface area contributed by atoms with E-state index in [-0.39, 0.29) is 30.1 Å². The average molecular weight is 474 g/mol. The van der Waals surface area contributed by atoms with Crippen molar-refractivity contribution in [2.24, 2.45) is 4.99 Å². The highest BCUT2D eigenvalue weighted by Crippen LogP contribution is 2.28. The molecule has 0 radical (unpaired) electrons. The number of pyridine rings is 1. The van der Waals surface area contributed by atoms with Gasteiger partial charge in [-0.15, -0.1) is 24.0 Å². The lowest BCUT2D eigenvalue weighted by Gasteiger charge is -2.31. The predicted molar refractivity (Wildman–Crippen MR) is 114 cm³/mol. The van der Waals surface area contributed by atoms with Crippen LogP contribution in [-0.2, 0) is 0 Å². The van der Waals surface area contributed by atoms with Crippen LogP contribution < -0.4 is 10.1 Å². The summed E-state index contributed by atoms with van der Waals surface area (Å²) in [6.45, 7) is 5.07. The van der Waals surface area contributed by atoms with E-state index in [4.69, 9.17) is 9.73 Å². The lowest BCUT2D eigenvalue weighted by molar-refractivity contribution is 0.0130. The van der Waals surface area contributed by atoms with E-state index in [2.05, 4.69) is 22.1 Å². The Morgan fingerprint density at radius 1 is 1.38 bits per heavy atom. The van der Waals surface area contributed by atoms with E-state index in [0.29, 0.717) is 12.4 Å². The SMILES string of the molecule is CCNC(=NCC1(O)CCCCC1)N1CCC(Oc2ccccn2)C1.I. The van der Waals surface area contributed by atoms with E-state index < -0.39 is 5.60 Å². The second-order valence-electron chi connectivity index (χ2n) is 7.10. The molecule has 0 amide bonds. The Morgan fingerprint density at radius 3 is 2.88 bits per heavy atom. The number of aliphatic hydroxyl groups is 1. The van der Waals surface area contributed by atoms with Crippen molar-refractivity contribution in [3.8, 4) is 5.88 Å². The Labute approximate surface area is 173 Å². The van der Waals surface area contributed by atoms with Crippen LogP contribution in [0.3, 0.4) is 0 Å². The Bertz CT molecular complexity index is 564. The van der Waals surface area contributed by atoms with Crippen LogP contribution in [0.5, 0.6) is 5.88 Å². The van der Waals surface area contributed by atoms with Gasteiger partial charge in [0.25, 0.3) is 0 Å². The molecule has 1 aliphatic carbocycles. The van der Waals surface area contributed by atoms with E-state index in [1.54, 1.807) is 6.20 Å². The zero-order valence-electron chi connectivity index (χ0n) is 15.6. The molecule has 1 unspecified atom stereocenters. The van der Waals surface area contributed by atoms with Crippen LogP contribution in [0.4, 0.5) is 0 Å². The van der Waals surface area contributed by atoms with Crippen molar-refractivity contribution >= 4 is 29.9 Å². The first-order valence-corrected chi connectivity index (χ1v) is 9.52. The number of likely N-dealkylation sites (tertiary alicyclic amines) is 1. The van der Waals surface area contributed by atoms with Crippen LogP contribution in [0.25, 0.3) is 0 Å². The molecule has 146 valence electrons. The summed E-state index contributed by atoms with van der Waals surface area (Å²) in [6.07, 6.45) is 7.98. The van der Waals surface area contributed by atoms with Crippen LogP contribution in [0.1, 0.15) is 45.4 Å². The fourth-order valence-corrected chi connectivity index (χ4v) is 3.62. The molecule has 2 fully saturated rings. The van der Waals surface area contributed by atoms with Gasteiger partial charge in [-0.3, -0.25) is 4.99 Å². The average Bonchev–Trinajstić information content (AvgIpc) is 3.08. The summed E-state index contributed by atoms with van der Waals surface area (Å²) in [5.74, 6) is 1.56. The van der Waals surface area contributed by atoms with Crippen molar-refractivity contribution in [3.63, 3.8) is 0 Å². The van der Waals surface area contributed by atoms with Gasteiger partial charge in [-0.1, -0.05) is 25.3 Å². The van der Waals surface area contributed by atoms with Crippen molar-refractivity contribution in [2.45, 2.75) is 57.2 Å². The van der Waals surface area contributed by atoms with Gasteiger partial charge >= 0.3 is 0 Å². The number of rotatable bonds is 5. The highest BCUT2D eigenvalue weighted by molar-refractivity contribution is 14.0. The van der Waals surface area contributed by atoms with Gasteiger partial charge in [-0.2, -0.15) is 0 Å². The van der Waals surface area contributed by atoms with Crippen molar-refractivity contribution < 1.29 is 9.84 Å². The molecule has 1 saturated heterocycles. The molecule has 3 rings (SSSR count). The monoisotopic (exact) mass is 474 g/mol. The summed E-state index contributed by atoms with van der Waals surface area (Å²) in [7, 11) is 0. The molecule has 0 spiro atoms. The number of nitrogens with zero attached hydrogens (tertiary/aromatic N) is 3. The zero-order valence-corrected chi connectivity index (χ0v) is 17.9. The molecule has 1 aliphatic heterocycles. The molecule has 6 nitrogen and oxygen atoms in total. The molecule has 0 bridgehead atoms. The first kappa shape index (κ1) is 21.2. The zero-order chi connectivity index (χ0) is 17.5. The number of guanidine groups is 1. The van der Waals surface area contributed by atoms with Gasteiger partial charge in [0.05, 0.1) is 18.7 Å². The van der Waals surface area contributed by atoms with Crippen molar-refractivity contribution in [1.82, 2.24) is 15.2 Å². The first-order valence-electron chi connectivity index (χ1n) is 9.52. The minimum absolute atomic E-state index is 0. The molecule has 7 heteroatoms. The topological polar surface area (TPSA) is 70.0 Å². The number of halogens is 1. The fourth-order valence-electron chi connectivity index (χ4n) is 3.62. The van der Waals surface area contributed by atoms with Gasteiger partial charge < -0.3 is 20.1 Å². The summed E-state index contributed by atoms with van der Waals surface area (Å²) in [4.78, 5) is 11.2. The Hall–Kier alpha value is -1.09. The molecule has 2 N–H and O–H groups in total. The fraction of sp³-hybridized carbons (Fsp3) is 0.684. The highest BCUT2D eigenvalue weighted by Gasteiger charge is 2.31. The van der Waals surface area contributed by atoms with Crippen LogP contribution >= 0.6 is 24.0 Å². The third kappa shape index (κ3) is 5.97. The van der Waals surface area contributed by atoms with E-state index >= 15 is 0 Å². The molecule has 1 atom stereocenters. The summed E-state index contributed by atoms with van der Waals surface area (Å²) < 4.78 is 5.96. The maximum absolute atomic E-state index is 10.7. The Morgan fingerprint density at radius 2 is 2.19 bits per heavy atom. The lowest BCUT2D eigenvalue weighted by atomic mass is 9.85. The summed E-state index contributed by atoms with van der Waals surface area (Å²) in [5.41, 5.74) is -0.623. The standard InChI is InChI=1S/C19H30N4O2.HI/c1-2-20-18(22-15-19(24)10-5-3-6-11-19)23-13-9-16(14-23)25-17-8-4-7-12-21-17;/h4,7-8,12,16,24H,2-3,5-6,9-11,13-15H2,1H3,(H,20,22);1H. The normalized spacial score (nSPS) is 22.6. The third-order valence-corrected chi connectivity index (χ3v) is 5.01.